The summed E-state index contributed by atoms with van der Waals surface area (Å²) in [5.41, 5.74) is 3.76. The van der Waals surface area contributed by atoms with Gasteiger partial charge < -0.3 is 9.47 Å². The molecule has 0 N–H and O–H groups in total. The second kappa shape index (κ2) is 6.08. The summed E-state index contributed by atoms with van der Waals surface area (Å²) < 4.78 is 12.5. The normalized spacial score (nSPS) is 15.8. The maximum absolute atomic E-state index is 5.78. The zero-order chi connectivity index (χ0) is 14.1. The third-order valence-corrected chi connectivity index (χ3v) is 5.86. The summed E-state index contributed by atoms with van der Waals surface area (Å²) in [4.78, 5) is 0.153. The minimum Gasteiger partial charge on any atom is -0.490 e. The molecule has 0 aliphatic carbocycles. The smallest absolute Gasteiger partial charge is 0.162 e. The van der Waals surface area contributed by atoms with E-state index in [0.717, 1.165) is 28.0 Å². The average molecular weight is 418 g/mol. The van der Waals surface area contributed by atoms with Gasteiger partial charge in [0.25, 0.3) is 0 Å². The molecule has 0 fully saturated rings. The lowest BCUT2D eigenvalue weighted by molar-refractivity contribution is 0.297. The van der Waals surface area contributed by atoms with Crippen molar-refractivity contribution in [2.24, 2.45) is 0 Å². The molecule has 2 aromatic rings. The number of ether oxygens (including phenoxy) is 2. The lowest BCUT2D eigenvalue weighted by Crippen LogP contribution is -1.98. The molecule has 20 heavy (non-hydrogen) atoms. The van der Waals surface area contributed by atoms with Crippen molar-refractivity contribution in [1.82, 2.24) is 0 Å². The van der Waals surface area contributed by atoms with Gasteiger partial charge in [0.1, 0.15) is 0 Å². The number of hydrogen-bond acceptors (Lipinski definition) is 3. The minimum atomic E-state index is 0.153. The Kier molecular flexibility index (Phi) is 4.38. The van der Waals surface area contributed by atoms with Crippen LogP contribution in [0.15, 0.2) is 27.4 Å². The molecule has 0 bridgehead atoms. The number of alkyl halides is 1. The first kappa shape index (κ1) is 14.4. The van der Waals surface area contributed by atoms with Gasteiger partial charge in [-0.2, -0.15) is 11.3 Å². The topological polar surface area (TPSA) is 18.5 Å². The molecule has 1 aromatic heterocycles. The Balaban J connectivity index is 2.01. The third-order valence-electron chi connectivity index (χ3n) is 3.31. The molecule has 0 radical (unpaired) electrons. The lowest BCUT2D eigenvalue weighted by atomic mass is 10.0. The summed E-state index contributed by atoms with van der Waals surface area (Å²) in [6.07, 6.45) is 0.920. The quantitative estimate of drug-likeness (QED) is 0.603. The second-order valence-corrected chi connectivity index (χ2v) is 7.26. The lowest BCUT2D eigenvalue weighted by Gasteiger charge is -2.16. The molecule has 0 saturated heterocycles. The predicted molar refractivity (Wildman–Crippen MR) is 89.6 cm³/mol. The van der Waals surface area contributed by atoms with Gasteiger partial charge in [0.15, 0.2) is 11.5 Å². The van der Waals surface area contributed by atoms with Crippen molar-refractivity contribution in [2.75, 3.05) is 13.2 Å². The van der Waals surface area contributed by atoms with Crippen molar-refractivity contribution in [1.29, 1.82) is 0 Å². The molecule has 0 spiro atoms. The number of thiophene rings is 1. The van der Waals surface area contributed by atoms with Crippen molar-refractivity contribution < 1.29 is 9.47 Å². The third kappa shape index (κ3) is 2.76. The Bertz CT molecular complexity index is 624. The molecular formula is C15H14Br2O2S. The van der Waals surface area contributed by atoms with Crippen LogP contribution in [0.4, 0.5) is 0 Å². The highest BCUT2D eigenvalue weighted by molar-refractivity contribution is 9.11. The van der Waals surface area contributed by atoms with Crippen molar-refractivity contribution in [3.63, 3.8) is 0 Å². The monoisotopic (exact) mass is 416 g/mol. The molecule has 1 aliphatic rings. The van der Waals surface area contributed by atoms with Crippen LogP contribution in [0.1, 0.15) is 27.9 Å². The molecule has 1 atom stereocenters. The molecule has 1 aliphatic heterocycles. The molecule has 0 amide bonds. The maximum atomic E-state index is 5.78. The fourth-order valence-corrected chi connectivity index (χ4v) is 4.97. The van der Waals surface area contributed by atoms with E-state index in [4.69, 9.17) is 9.47 Å². The molecule has 3 rings (SSSR count). The molecule has 106 valence electrons. The van der Waals surface area contributed by atoms with E-state index in [9.17, 15) is 0 Å². The van der Waals surface area contributed by atoms with E-state index in [1.54, 1.807) is 11.3 Å². The summed E-state index contributed by atoms with van der Waals surface area (Å²) in [6, 6.07) is 4.08. The van der Waals surface area contributed by atoms with Gasteiger partial charge in [-0.3, -0.25) is 0 Å². The van der Waals surface area contributed by atoms with Crippen molar-refractivity contribution in [3.05, 3.63) is 44.1 Å². The summed E-state index contributed by atoms with van der Waals surface area (Å²) in [6.45, 7) is 3.55. The van der Waals surface area contributed by atoms with Gasteiger partial charge >= 0.3 is 0 Å². The predicted octanol–water partition coefficient (Wildman–Crippen LogP) is 5.46. The van der Waals surface area contributed by atoms with Gasteiger partial charge in [-0.1, -0.05) is 31.9 Å². The first-order valence-electron chi connectivity index (χ1n) is 6.42. The summed E-state index contributed by atoms with van der Waals surface area (Å²) in [7, 11) is 0. The maximum Gasteiger partial charge on any atom is 0.162 e. The molecular weight excluding hydrogens is 404 g/mol. The van der Waals surface area contributed by atoms with Crippen LogP contribution in [-0.2, 0) is 0 Å². The van der Waals surface area contributed by atoms with Gasteiger partial charge in [0, 0.05) is 10.9 Å². The van der Waals surface area contributed by atoms with Crippen LogP contribution in [0.25, 0.3) is 0 Å². The Morgan fingerprint density at radius 2 is 1.80 bits per heavy atom. The zero-order valence-electron chi connectivity index (χ0n) is 11.0. The van der Waals surface area contributed by atoms with Crippen molar-refractivity contribution in [2.45, 2.75) is 18.2 Å². The van der Waals surface area contributed by atoms with E-state index in [2.05, 4.69) is 55.6 Å². The Morgan fingerprint density at radius 1 is 1.10 bits per heavy atom. The first-order valence-corrected chi connectivity index (χ1v) is 9.08. The largest absolute Gasteiger partial charge is 0.490 e. The summed E-state index contributed by atoms with van der Waals surface area (Å²) in [5.74, 6) is 1.65. The number of rotatable bonds is 2. The van der Waals surface area contributed by atoms with Gasteiger partial charge in [-0.05, 0) is 46.5 Å². The fourth-order valence-electron chi connectivity index (χ4n) is 2.19. The first-order chi connectivity index (χ1) is 9.66. The molecule has 0 saturated carbocycles. The molecule has 2 nitrogen and oxygen atoms in total. The number of halogens is 2. The van der Waals surface area contributed by atoms with E-state index >= 15 is 0 Å². The van der Waals surface area contributed by atoms with Gasteiger partial charge in [0.2, 0.25) is 0 Å². The Labute approximate surface area is 139 Å². The number of fused-ring (bicyclic) bond motifs is 1. The van der Waals surface area contributed by atoms with Crippen LogP contribution in [0.3, 0.4) is 0 Å². The van der Waals surface area contributed by atoms with Crippen molar-refractivity contribution >= 4 is 43.2 Å². The molecule has 1 unspecified atom stereocenters. The van der Waals surface area contributed by atoms with Crippen LogP contribution in [-0.4, -0.2) is 13.2 Å². The van der Waals surface area contributed by atoms with E-state index in [1.165, 1.54) is 11.1 Å². The molecule has 1 aromatic carbocycles. The summed E-state index contributed by atoms with van der Waals surface area (Å²) >= 11 is 9.18. The molecule has 2 heterocycles. The SMILES string of the molecule is Cc1cscc1C(Br)c1cc2c(cc1Br)OCCCO2. The zero-order valence-corrected chi connectivity index (χ0v) is 15.0. The van der Waals surface area contributed by atoms with Crippen LogP contribution < -0.4 is 9.47 Å². The van der Waals surface area contributed by atoms with Gasteiger partial charge in [-0.15, -0.1) is 0 Å². The Hall–Kier alpha value is -0.520. The number of aryl methyl sites for hydroxylation is 1. The van der Waals surface area contributed by atoms with Crippen molar-refractivity contribution in [3.8, 4) is 11.5 Å². The van der Waals surface area contributed by atoms with E-state index in [-0.39, 0.29) is 4.83 Å². The van der Waals surface area contributed by atoms with Crippen LogP contribution in [0.5, 0.6) is 11.5 Å². The van der Waals surface area contributed by atoms with Crippen LogP contribution >= 0.6 is 43.2 Å². The summed E-state index contributed by atoms with van der Waals surface area (Å²) in [5, 5.41) is 4.35. The highest BCUT2D eigenvalue weighted by Gasteiger charge is 2.20. The number of benzene rings is 1. The highest BCUT2D eigenvalue weighted by atomic mass is 79.9. The van der Waals surface area contributed by atoms with Gasteiger partial charge in [0.05, 0.1) is 18.0 Å². The van der Waals surface area contributed by atoms with E-state index < -0.39 is 0 Å². The standard InChI is InChI=1S/C15H14Br2O2S/c1-9-7-20-8-11(9)15(17)10-5-13-14(6-12(10)16)19-4-2-3-18-13/h5-8,15H,2-4H2,1H3. The number of hydrogen-bond donors (Lipinski definition) is 0. The minimum absolute atomic E-state index is 0.153. The Morgan fingerprint density at radius 3 is 2.45 bits per heavy atom. The van der Waals surface area contributed by atoms with Crippen LogP contribution in [0.2, 0.25) is 0 Å². The highest BCUT2D eigenvalue weighted by Crippen LogP contribution is 2.43. The average Bonchev–Trinajstić information content (AvgIpc) is 2.72. The molecule has 5 heteroatoms. The second-order valence-electron chi connectivity index (χ2n) is 4.74. The van der Waals surface area contributed by atoms with Gasteiger partial charge in [-0.25, -0.2) is 0 Å². The van der Waals surface area contributed by atoms with E-state index in [0.29, 0.717) is 13.2 Å². The fraction of sp³-hybridized carbons (Fsp3) is 0.333. The van der Waals surface area contributed by atoms with E-state index in [1.807, 2.05) is 6.07 Å². The van der Waals surface area contributed by atoms with Crippen LogP contribution in [0, 0.1) is 6.92 Å².